The third kappa shape index (κ3) is 4.95. The molecule has 0 atom stereocenters. The lowest BCUT2D eigenvalue weighted by Crippen LogP contribution is -2.20. The van der Waals surface area contributed by atoms with Crippen molar-refractivity contribution in [2.45, 2.75) is 13.8 Å². The summed E-state index contributed by atoms with van der Waals surface area (Å²) in [6.45, 7) is 3.82. The lowest BCUT2D eigenvalue weighted by molar-refractivity contribution is -0.118. The molecule has 0 bridgehead atoms. The predicted octanol–water partition coefficient (Wildman–Crippen LogP) is 5.05. The molecule has 0 fully saturated rings. The third-order valence-corrected chi connectivity index (χ3v) is 4.76. The van der Waals surface area contributed by atoms with E-state index >= 15 is 0 Å². The Morgan fingerprint density at radius 2 is 1.72 bits per heavy atom. The Kier molecular flexibility index (Phi) is 6.17. The number of benzene rings is 3. The topological polar surface area (TPSA) is 86.5 Å². The van der Waals surface area contributed by atoms with Gasteiger partial charge in [-0.25, -0.2) is 0 Å². The van der Waals surface area contributed by atoms with E-state index in [1.54, 1.807) is 13.2 Å². The van der Waals surface area contributed by atoms with Gasteiger partial charge in [-0.3, -0.25) is 4.79 Å². The molecule has 0 aliphatic heterocycles. The number of rotatable bonds is 7. The van der Waals surface area contributed by atoms with Crippen LogP contribution in [0.4, 0.5) is 5.69 Å². The summed E-state index contributed by atoms with van der Waals surface area (Å²) < 4.78 is 16.4. The Balaban J connectivity index is 1.47. The Morgan fingerprint density at radius 1 is 1.00 bits per heavy atom. The highest BCUT2D eigenvalue weighted by Gasteiger charge is 2.16. The molecule has 4 aromatic rings. The van der Waals surface area contributed by atoms with Gasteiger partial charge in [-0.1, -0.05) is 23.4 Å². The van der Waals surface area contributed by atoms with Gasteiger partial charge in [-0.2, -0.15) is 4.98 Å². The summed E-state index contributed by atoms with van der Waals surface area (Å²) in [6, 6.07) is 20.5. The van der Waals surface area contributed by atoms with Gasteiger partial charge in [0.2, 0.25) is 5.82 Å². The molecule has 1 amide bonds. The molecule has 32 heavy (non-hydrogen) atoms. The maximum absolute atomic E-state index is 12.4. The molecule has 1 N–H and O–H groups in total. The third-order valence-electron chi connectivity index (χ3n) is 4.76. The second kappa shape index (κ2) is 9.34. The van der Waals surface area contributed by atoms with Crippen LogP contribution >= 0.6 is 0 Å². The number of hydrogen-bond donors (Lipinski definition) is 1. The normalized spacial score (nSPS) is 10.6. The molecule has 7 nitrogen and oxygen atoms in total. The van der Waals surface area contributed by atoms with Crippen molar-refractivity contribution in [3.63, 3.8) is 0 Å². The zero-order chi connectivity index (χ0) is 22.5. The standard InChI is InChI=1S/C25H23N3O4/c1-16-12-17(2)14-19(13-16)26-23(29)15-31-22-7-5-4-6-21(22)25-27-24(28-32-25)18-8-10-20(30-3)11-9-18/h4-14H,15H2,1-3H3,(H,26,29). The van der Waals surface area contributed by atoms with E-state index in [1.165, 1.54) is 0 Å². The van der Waals surface area contributed by atoms with Gasteiger partial charge in [0.1, 0.15) is 11.5 Å². The van der Waals surface area contributed by atoms with Gasteiger partial charge >= 0.3 is 0 Å². The fourth-order valence-corrected chi connectivity index (χ4v) is 3.35. The van der Waals surface area contributed by atoms with Gasteiger partial charge in [0.05, 0.1) is 12.7 Å². The number of nitrogens with one attached hydrogen (secondary N) is 1. The lowest BCUT2D eigenvalue weighted by Gasteiger charge is -2.10. The average molecular weight is 429 g/mol. The van der Waals surface area contributed by atoms with Gasteiger partial charge in [0, 0.05) is 11.3 Å². The molecule has 3 aromatic carbocycles. The van der Waals surface area contributed by atoms with Crippen LogP contribution in [0.15, 0.2) is 71.3 Å². The lowest BCUT2D eigenvalue weighted by atomic mass is 10.1. The Morgan fingerprint density at radius 3 is 2.44 bits per heavy atom. The Hall–Kier alpha value is -4.13. The van der Waals surface area contributed by atoms with Crippen molar-refractivity contribution in [3.8, 4) is 34.3 Å². The minimum atomic E-state index is -0.255. The van der Waals surface area contributed by atoms with E-state index in [9.17, 15) is 4.79 Å². The van der Waals surface area contributed by atoms with E-state index in [2.05, 4.69) is 15.5 Å². The second-order valence-corrected chi connectivity index (χ2v) is 7.36. The van der Waals surface area contributed by atoms with Crippen molar-refractivity contribution in [2.75, 3.05) is 19.0 Å². The van der Waals surface area contributed by atoms with Crippen LogP contribution in [0.3, 0.4) is 0 Å². The number of aromatic nitrogens is 2. The van der Waals surface area contributed by atoms with Gasteiger partial charge in [0.15, 0.2) is 6.61 Å². The number of methoxy groups -OCH3 is 1. The molecule has 0 spiro atoms. The largest absolute Gasteiger partial charge is 0.497 e. The number of para-hydroxylation sites is 1. The first-order chi connectivity index (χ1) is 15.5. The van der Waals surface area contributed by atoms with Crippen LogP contribution in [0.1, 0.15) is 11.1 Å². The first kappa shape index (κ1) is 21.1. The minimum absolute atomic E-state index is 0.149. The molecular formula is C25H23N3O4. The average Bonchev–Trinajstić information content (AvgIpc) is 3.27. The van der Waals surface area contributed by atoms with E-state index in [4.69, 9.17) is 14.0 Å². The fourth-order valence-electron chi connectivity index (χ4n) is 3.35. The number of ether oxygens (including phenoxy) is 2. The highest BCUT2D eigenvalue weighted by Crippen LogP contribution is 2.30. The molecule has 1 aromatic heterocycles. The van der Waals surface area contributed by atoms with E-state index in [-0.39, 0.29) is 12.5 Å². The van der Waals surface area contributed by atoms with Crippen molar-refractivity contribution in [1.29, 1.82) is 0 Å². The molecule has 162 valence electrons. The fraction of sp³-hybridized carbons (Fsp3) is 0.160. The first-order valence-electron chi connectivity index (χ1n) is 10.1. The number of carbonyl (C=O) groups is 1. The SMILES string of the molecule is COc1ccc(-c2noc(-c3ccccc3OCC(=O)Nc3cc(C)cc(C)c3)n2)cc1. The van der Waals surface area contributed by atoms with Gasteiger partial charge in [0.25, 0.3) is 11.8 Å². The molecule has 7 heteroatoms. The maximum Gasteiger partial charge on any atom is 0.262 e. The van der Waals surface area contributed by atoms with Gasteiger partial charge < -0.3 is 19.3 Å². The molecule has 0 unspecified atom stereocenters. The van der Waals surface area contributed by atoms with E-state index in [0.717, 1.165) is 28.1 Å². The van der Waals surface area contributed by atoms with Crippen LogP contribution in [-0.2, 0) is 4.79 Å². The molecule has 0 saturated carbocycles. The molecule has 1 heterocycles. The quantitative estimate of drug-likeness (QED) is 0.443. The summed E-state index contributed by atoms with van der Waals surface area (Å²) in [5.74, 6) is 1.73. The van der Waals surface area contributed by atoms with Crippen LogP contribution in [-0.4, -0.2) is 29.8 Å². The van der Waals surface area contributed by atoms with E-state index < -0.39 is 0 Å². The highest BCUT2D eigenvalue weighted by atomic mass is 16.5. The molecule has 0 aliphatic carbocycles. The van der Waals surface area contributed by atoms with Crippen molar-refractivity contribution in [2.24, 2.45) is 0 Å². The second-order valence-electron chi connectivity index (χ2n) is 7.36. The molecule has 0 aliphatic rings. The smallest absolute Gasteiger partial charge is 0.262 e. The zero-order valence-corrected chi connectivity index (χ0v) is 18.1. The van der Waals surface area contributed by atoms with Crippen molar-refractivity contribution < 1.29 is 18.8 Å². The number of carbonyl (C=O) groups excluding carboxylic acids is 1. The monoisotopic (exact) mass is 429 g/mol. The summed E-state index contributed by atoms with van der Waals surface area (Å²) in [4.78, 5) is 16.9. The van der Waals surface area contributed by atoms with Crippen LogP contribution in [0, 0.1) is 13.8 Å². The number of amides is 1. The first-order valence-corrected chi connectivity index (χ1v) is 10.1. The Labute approximate surface area is 186 Å². The van der Waals surface area contributed by atoms with Crippen LogP contribution in [0.2, 0.25) is 0 Å². The summed E-state index contributed by atoms with van der Waals surface area (Å²) in [5.41, 5.74) is 4.31. The molecule has 4 rings (SSSR count). The van der Waals surface area contributed by atoms with Gasteiger partial charge in [-0.15, -0.1) is 0 Å². The van der Waals surface area contributed by atoms with Crippen molar-refractivity contribution in [3.05, 3.63) is 77.9 Å². The minimum Gasteiger partial charge on any atom is -0.497 e. The highest BCUT2D eigenvalue weighted by molar-refractivity contribution is 5.92. The summed E-state index contributed by atoms with van der Waals surface area (Å²) >= 11 is 0. The Bertz CT molecular complexity index is 1210. The van der Waals surface area contributed by atoms with Crippen LogP contribution in [0.25, 0.3) is 22.8 Å². The molecule has 0 radical (unpaired) electrons. The maximum atomic E-state index is 12.4. The zero-order valence-electron chi connectivity index (χ0n) is 18.1. The number of aryl methyl sites for hydroxylation is 2. The van der Waals surface area contributed by atoms with Crippen molar-refractivity contribution in [1.82, 2.24) is 10.1 Å². The summed E-state index contributed by atoms with van der Waals surface area (Å²) in [6.07, 6.45) is 0. The molecular weight excluding hydrogens is 406 g/mol. The van der Waals surface area contributed by atoms with E-state index in [0.29, 0.717) is 23.0 Å². The predicted molar refractivity (Wildman–Crippen MR) is 122 cm³/mol. The van der Waals surface area contributed by atoms with Gasteiger partial charge in [-0.05, 0) is 73.5 Å². The van der Waals surface area contributed by atoms with Crippen LogP contribution < -0.4 is 14.8 Å². The number of hydrogen-bond acceptors (Lipinski definition) is 6. The van der Waals surface area contributed by atoms with E-state index in [1.807, 2.05) is 74.5 Å². The number of anilines is 1. The summed E-state index contributed by atoms with van der Waals surface area (Å²) in [7, 11) is 1.61. The van der Waals surface area contributed by atoms with Crippen LogP contribution in [0.5, 0.6) is 11.5 Å². The molecule has 0 saturated heterocycles. The van der Waals surface area contributed by atoms with Crippen molar-refractivity contribution >= 4 is 11.6 Å². The number of nitrogens with zero attached hydrogens (tertiary/aromatic N) is 2. The summed E-state index contributed by atoms with van der Waals surface area (Å²) in [5, 5.41) is 6.93.